The Kier molecular flexibility index (Phi) is 5.50. The van der Waals surface area contributed by atoms with Gasteiger partial charge in [0.25, 0.3) is 0 Å². The zero-order valence-corrected chi connectivity index (χ0v) is 8.30. The molecule has 0 spiro atoms. The predicted octanol–water partition coefficient (Wildman–Crippen LogP) is 1.08. The Labute approximate surface area is 74.9 Å². The number of alkyl halides is 1. The average Bonchev–Trinajstić information content (AvgIpc) is 2.02. The van der Waals surface area contributed by atoms with Gasteiger partial charge in [0.05, 0.1) is 12.7 Å². The molecule has 0 bridgehead atoms. The summed E-state index contributed by atoms with van der Waals surface area (Å²) in [5, 5.41) is 9.18. The molecule has 0 fully saturated rings. The van der Waals surface area contributed by atoms with Crippen LogP contribution in [0, 0.1) is 0 Å². The number of hydrogen-bond acceptors (Lipinski definition) is 3. The van der Waals surface area contributed by atoms with E-state index in [0.717, 1.165) is 0 Å². The van der Waals surface area contributed by atoms with Crippen LogP contribution in [0.4, 0.5) is 0 Å². The van der Waals surface area contributed by atoms with E-state index in [1.165, 1.54) is 0 Å². The fourth-order valence-electron chi connectivity index (χ4n) is 0.586. The Bertz CT molecular complexity index is 127. The third-order valence-electron chi connectivity index (χ3n) is 1.27. The van der Waals surface area contributed by atoms with Gasteiger partial charge in [0.1, 0.15) is 4.83 Å². The Morgan fingerprint density at radius 2 is 2.18 bits per heavy atom. The van der Waals surface area contributed by atoms with E-state index in [0.29, 0.717) is 13.0 Å². The van der Waals surface area contributed by atoms with Gasteiger partial charge in [-0.3, -0.25) is 4.79 Å². The summed E-state index contributed by atoms with van der Waals surface area (Å²) < 4.78 is 4.68. The first-order chi connectivity index (χ1) is 5.13. The van der Waals surface area contributed by atoms with Gasteiger partial charge in [0, 0.05) is 0 Å². The maximum atomic E-state index is 10.9. The second-order valence-electron chi connectivity index (χ2n) is 2.13. The summed E-state index contributed by atoms with van der Waals surface area (Å²) in [6.07, 6.45) is -0.122. The van der Waals surface area contributed by atoms with Crippen molar-refractivity contribution < 1.29 is 14.6 Å². The van der Waals surface area contributed by atoms with Crippen molar-refractivity contribution in [1.29, 1.82) is 0 Å². The van der Waals surface area contributed by atoms with Gasteiger partial charge in [0.2, 0.25) is 0 Å². The van der Waals surface area contributed by atoms with Crippen LogP contribution in [-0.4, -0.2) is 28.6 Å². The number of carbonyl (C=O) groups is 1. The van der Waals surface area contributed by atoms with E-state index in [-0.39, 0.29) is 0 Å². The van der Waals surface area contributed by atoms with Gasteiger partial charge in [-0.15, -0.1) is 0 Å². The molecule has 0 aliphatic heterocycles. The third-order valence-corrected chi connectivity index (χ3v) is 2.25. The Morgan fingerprint density at radius 3 is 2.55 bits per heavy atom. The van der Waals surface area contributed by atoms with Crippen molar-refractivity contribution >= 4 is 21.9 Å². The largest absolute Gasteiger partial charge is 0.465 e. The molecule has 0 amide bonds. The van der Waals surface area contributed by atoms with Gasteiger partial charge >= 0.3 is 5.97 Å². The number of halogens is 1. The van der Waals surface area contributed by atoms with Crippen molar-refractivity contribution in [3.63, 3.8) is 0 Å². The van der Waals surface area contributed by atoms with Gasteiger partial charge in [-0.1, -0.05) is 22.9 Å². The Morgan fingerprint density at radius 1 is 1.64 bits per heavy atom. The normalized spacial score (nSPS) is 15.6. The molecule has 1 N–H and O–H groups in total. The summed E-state index contributed by atoms with van der Waals surface area (Å²) in [5.74, 6) is -0.401. The second kappa shape index (κ2) is 5.55. The average molecular weight is 225 g/mol. The van der Waals surface area contributed by atoms with Crippen LogP contribution in [0.25, 0.3) is 0 Å². The summed E-state index contributed by atoms with van der Waals surface area (Å²) in [7, 11) is 0. The molecule has 0 aliphatic rings. The molecule has 0 aromatic carbocycles. The van der Waals surface area contributed by atoms with Crippen molar-refractivity contribution in [3.05, 3.63) is 0 Å². The highest BCUT2D eigenvalue weighted by atomic mass is 79.9. The van der Waals surface area contributed by atoms with Crippen LogP contribution in [0.1, 0.15) is 20.3 Å². The number of aliphatic hydroxyl groups is 1. The van der Waals surface area contributed by atoms with Gasteiger partial charge in [-0.05, 0) is 13.3 Å². The lowest BCUT2D eigenvalue weighted by Crippen LogP contribution is -2.29. The molecule has 0 aromatic rings. The van der Waals surface area contributed by atoms with E-state index < -0.39 is 16.9 Å². The summed E-state index contributed by atoms with van der Waals surface area (Å²) >= 11 is 3.05. The minimum atomic E-state index is -0.658. The smallest absolute Gasteiger partial charge is 0.322 e. The molecule has 0 rings (SSSR count). The van der Waals surface area contributed by atoms with Crippen LogP contribution < -0.4 is 0 Å². The quantitative estimate of drug-likeness (QED) is 0.575. The minimum absolute atomic E-state index is 0.345. The number of ether oxygens (including phenoxy) is 1. The summed E-state index contributed by atoms with van der Waals surface area (Å²) in [5.41, 5.74) is 0. The lowest BCUT2D eigenvalue weighted by Gasteiger charge is -2.13. The molecule has 0 aromatic heterocycles. The molecule has 11 heavy (non-hydrogen) atoms. The van der Waals surface area contributed by atoms with Crippen molar-refractivity contribution in [1.82, 2.24) is 0 Å². The monoisotopic (exact) mass is 224 g/mol. The Balaban J connectivity index is 3.80. The topological polar surface area (TPSA) is 46.5 Å². The second-order valence-corrected chi connectivity index (χ2v) is 3.12. The SMILES string of the molecule is CCOC(=O)[C@@H](Br)[C@@H](O)CC. The highest BCUT2D eigenvalue weighted by molar-refractivity contribution is 9.10. The first-order valence-corrected chi connectivity index (χ1v) is 4.53. The molecule has 0 heterocycles. The molecular weight excluding hydrogens is 212 g/mol. The minimum Gasteiger partial charge on any atom is -0.465 e. The van der Waals surface area contributed by atoms with Crippen molar-refractivity contribution in [2.24, 2.45) is 0 Å². The number of esters is 1. The first-order valence-electron chi connectivity index (χ1n) is 3.62. The summed E-state index contributed by atoms with van der Waals surface area (Å²) in [6, 6.07) is 0. The lowest BCUT2D eigenvalue weighted by atomic mass is 10.2. The van der Waals surface area contributed by atoms with Gasteiger partial charge < -0.3 is 9.84 Å². The van der Waals surface area contributed by atoms with Crippen LogP contribution >= 0.6 is 15.9 Å². The summed E-state index contributed by atoms with van der Waals surface area (Å²) in [4.78, 5) is 10.3. The van der Waals surface area contributed by atoms with Crippen molar-refractivity contribution in [3.8, 4) is 0 Å². The standard InChI is InChI=1S/C7H13BrO3/c1-3-5(9)6(8)7(10)11-4-2/h5-6,9H,3-4H2,1-2H3/t5-,6-/m0/s1. The molecule has 0 radical (unpaired) electrons. The molecule has 2 atom stereocenters. The molecule has 3 nitrogen and oxygen atoms in total. The molecule has 66 valence electrons. The number of carbonyl (C=O) groups excluding carboxylic acids is 1. The van der Waals surface area contributed by atoms with E-state index in [4.69, 9.17) is 0 Å². The number of rotatable bonds is 4. The van der Waals surface area contributed by atoms with Gasteiger partial charge in [0.15, 0.2) is 0 Å². The van der Waals surface area contributed by atoms with E-state index in [9.17, 15) is 9.90 Å². The third kappa shape index (κ3) is 3.72. The molecular formula is C7H13BrO3. The van der Waals surface area contributed by atoms with E-state index >= 15 is 0 Å². The Hall–Kier alpha value is -0.0900. The number of hydrogen-bond donors (Lipinski definition) is 1. The fraction of sp³-hybridized carbons (Fsp3) is 0.857. The van der Waals surface area contributed by atoms with E-state index in [1.807, 2.05) is 0 Å². The predicted molar refractivity (Wildman–Crippen MR) is 45.6 cm³/mol. The van der Waals surface area contributed by atoms with Gasteiger partial charge in [-0.25, -0.2) is 0 Å². The van der Waals surface area contributed by atoms with Crippen LogP contribution in [-0.2, 0) is 9.53 Å². The molecule has 4 heteroatoms. The molecule has 0 saturated carbocycles. The molecule has 0 saturated heterocycles. The van der Waals surface area contributed by atoms with E-state index in [1.54, 1.807) is 13.8 Å². The van der Waals surface area contributed by atoms with Gasteiger partial charge in [-0.2, -0.15) is 0 Å². The van der Waals surface area contributed by atoms with Crippen molar-refractivity contribution in [2.45, 2.75) is 31.2 Å². The highest BCUT2D eigenvalue weighted by Gasteiger charge is 2.23. The molecule has 0 aliphatic carbocycles. The zero-order valence-electron chi connectivity index (χ0n) is 6.71. The number of aliphatic hydroxyl groups excluding tert-OH is 1. The zero-order chi connectivity index (χ0) is 8.85. The first kappa shape index (κ1) is 10.9. The van der Waals surface area contributed by atoms with Crippen LogP contribution in [0.15, 0.2) is 0 Å². The summed E-state index contributed by atoms with van der Waals surface area (Å²) in [6.45, 7) is 3.88. The lowest BCUT2D eigenvalue weighted by molar-refractivity contribution is -0.144. The van der Waals surface area contributed by atoms with Crippen LogP contribution in [0.5, 0.6) is 0 Å². The fourth-order valence-corrected chi connectivity index (χ4v) is 1.09. The van der Waals surface area contributed by atoms with Crippen LogP contribution in [0.3, 0.4) is 0 Å². The van der Waals surface area contributed by atoms with Crippen LogP contribution in [0.2, 0.25) is 0 Å². The maximum absolute atomic E-state index is 10.9. The van der Waals surface area contributed by atoms with E-state index in [2.05, 4.69) is 20.7 Å². The highest BCUT2D eigenvalue weighted by Crippen LogP contribution is 2.10. The molecule has 0 unspecified atom stereocenters. The van der Waals surface area contributed by atoms with Crippen molar-refractivity contribution in [2.75, 3.05) is 6.61 Å². The maximum Gasteiger partial charge on any atom is 0.322 e.